The van der Waals surface area contributed by atoms with Crippen molar-refractivity contribution in [2.75, 3.05) is 39.6 Å². The van der Waals surface area contributed by atoms with Gasteiger partial charge in [-0.3, -0.25) is 0 Å². The van der Waals surface area contributed by atoms with Crippen LogP contribution in [0.4, 0.5) is 0 Å². The minimum atomic E-state index is -0.814. The van der Waals surface area contributed by atoms with Gasteiger partial charge in [-0.05, 0) is 12.8 Å². The molecule has 2 unspecified atom stereocenters. The smallest absolute Gasteiger partial charge is 0.107 e. The maximum Gasteiger partial charge on any atom is 0.107 e. The molecule has 0 heterocycles. The standard InChI is InChI=1S/C10H22O6/c11-3-1-5-15-6-2-9(14)10(8-13)16-7-4-12/h9-14H,1-8H2. The lowest BCUT2D eigenvalue weighted by Gasteiger charge is -2.20. The van der Waals surface area contributed by atoms with E-state index in [4.69, 9.17) is 24.8 Å². The van der Waals surface area contributed by atoms with Crippen LogP contribution in [-0.4, -0.2) is 72.3 Å². The van der Waals surface area contributed by atoms with Crippen LogP contribution in [0, 0.1) is 0 Å². The summed E-state index contributed by atoms with van der Waals surface area (Å²) in [6, 6.07) is 0. The lowest BCUT2D eigenvalue weighted by atomic mass is 10.1. The number of ether oxygens (including phenoxy) is 2. The van der Waals surface area contributed by atoms with Crippen LogP contribution in [0.15, 0.2) is 0 Å². The van der Waals surface area contributed by atoms with Gasteiger partial charge in [0.15, 0.2) is 0 Å². The molecule has 0 rings (SSSR count). The summed E-state index contributed by atoms with van der Waals surface area (Å²) in [4.78, 5) is 0. The average Bonchev–Trinajstić information content (AvgIpc) is 2.30. The van der Waals surface area contributed by atoms with Crippen molar-refractivity contribution in [1.29, 1.82) is 0 Å². The predicted molar refractivity (Wildman–Crippen MR) is 57.1 cm³/mol. The second kappa shape index (κ2) is 11.3. The number of rotatable bonds is 11. The van der Waals surface area contributed by atoms with Gasteiger partial charge in [-0.2, -0.15) is 0 Å². The van der Waals surface area contributed by atoms with Crippen LogP contribution in [0.2, 0.25) is 0 Å². The fourth-order valence-corrected chi connectivity index (χ4v) is 1.15. The molecule has 0 aromatic carbocycles. The zero-order valence-corrected chi connectivity index (χ0v) is 9.42. The first-order valence-corrected chi connectivity index (χ1v) is 5.46. The Morgan fingerprint density at radius 1 is 0.938 bits per heavy atom. The van der Waals surface area contributed by atoms with Crippen molar-refractivity contribution in [3.63, 3.8) is 0 Å². The second-order valence-electron chi connectivity index (χ2n) is 3.36. The van der Waals surface area contributed by atoms with E-state index in [1.54, 1.807) is 0 Å². The van der Waals surface area contributed by atoms with Crippen molar-refractivity contribution >= 4 is 0 Å². The highest BCUT2D eigenvalue weighted by Gasteiger charge is 2.18. The van der Waals surface area contributed by atoms with Gasteiger partial charge in [0.05, 0.1) is 25.9 Å². The van der Waals surface area contributed by atoms with Crippen LogP contribution in [0.3, 0.4) is 0 Å². The Labute approximate surface area is 95.4 Å². The highest BCUT2D eigenvalue weighted by Crippen LogP contribution is 2.04. The van der Waals surface area contributed by atoms with Gasteiger partial charge in [0.25, 0.3) is 0 Å². The Hall–Kier alpha value is -0.240. The van der Waals surface area contributed by atoms with Crippen molar-refractivity contribution in [3.05, 3.63) is 0 Å². The van der Waals surface area contributed by atoms with Gasteiger partial charge in [-0.25, -0.2) is 0 Å². The van der Waals surface area contributed by atoms with Crippen LogP contribution < -0.4 is 0 Å². The van der Waals surface area contributed by atoms with Crippen molar-refractivity contribution in [2.24, 2.45) is 0 Å². The summed E-state index contributed by atoms with van der Waals surface area (Å²) in [6.07, 6.45) is -0.581. The molecule has 16 heavy (non-hydrogen) atoms. The molecule has 0 aliphatic heterocycles. The summed E-state index contributed by atoms with van der Waals surface area (Å²) in [5.74, 6) is 0. The topological polar surface area (TPSA) is 99.4 Å². The predicted octanol–water partition coefficient (Wildman–Crippen LogP) is -1.49. The molecule has 2 atom stereocenters. The van der Waals surface area contributed by atoms with Gasteiger partial charge in [0.1, 0.15) is 6.10 Å². The van der Waals surface area contributed by atoms with E-state index >= 15 is 0 Å². The fourth-order valence-electron chi connectivity index (χ4n) is 1.15. The zero-order chi connectivity index (χ0) is 12.2. The highest BCUT2D eigenvalue weighted by molar-refractivity contribution is 4.67. The number of hydrogen-bond acceptors (Lipinski definition) is 6. The zero-order valence-electron chi connectivity index (χ0n) is 9.42. The number of aliphatic hydroxyl groups is 4. The molecule has 0 aliphatic carbocycles. The van der Waals surface area contributed by atoms with Gasteiger partial charge >= 0.3 is 0 Å². The third-order valence-electron chi connectivity index (χ3n) is 2.04. The van der Waals surface area contributed by atoms with E-state index in [-0.39, 0.29) is 26.4 Å². The molecule has 0 spiro atoms. The molecule has 4 N–H and O–H groups in total. The number of hydrogen-bond donors (Lipinski definition) is 4. The maximum absolute atomic E-state index is 9.60. The quantitative estimate of drug-likeness (QED) is 0.327. The first kappa shape index (κ1) is 15.8. The molecule has 0 saturated carbocycles. The van der Waals surface area contributed by atoms with Gasteiger partial charge < -0.3 is 29.9 Å². The number of aliphatic hydroxyl groups excluding tert-OH is 4. The molecule has 0 aliphatic rings. The lowest BCUT2D eigenvalue weighted by Crippen LogP contribution is -2.34. The van der Waals surface area contributed by atoms with Gasteiger partial charge in [0.2, 0.25) is 0 Å². The minimum Gasteiger partial charge on any atom is -0.396 e. The summed E-state index contributed by atoms with van der Waals surface area (Å²) >= 11 is 0. The Morgan fingerprint density at radius 3 is 2.25 bits per heavy atom. The van der Waals surface area contributed by atoms with E-state index in [1.165, 1.54) is 0 Å². The summed E-state index contributed by atoms with van der Waals surface area (Å²) < 4.78 is 10.2. The van der Waals surface area contributed by atoms with Gasteiger partial charge in [-0.15, -0.1) is 0 Å². The van der Waals surface area contributed by atoms with E-state index in [9.17, 15) is 5.11 Å². The Balaban J connectivity index is 3.54. The molecule has 98 valence electrons. The van der Waals surface area contributed by atoms with Crippen molar-refractivity contribution in [2.45, 2.75) is 25.0 Å². The van der Waals surface area contributed by atoms with Crippen LogP contribution >= 0.6 is 0 Å². The first-order valence-electron chi connectivity index (χ1n) is 5.46. The van der Waals surface area contributed by atoms with Gasteiger partial charge in [-0.1, -0.05) is 0 Å². The molecule has 0 fully saturated rings. The molecule has 0 bridgehead atoms. The van der Waals surface area contributed by atoms with Crippen LogP contribution in [0.1, 0.15) is 12.8 Å². The fraction of sp³-hybridized carbons (Fsp3) is 1.00. The molecule has 0 amide bonds. The molecule has 6 heteroatoms. The first-order chi connectivity index (χ1) is 7.76. The van der Waals surface area contributed by atoms with Crippen LogP contribution in [0.25, 0.3) is 0 Å². The summed E-state index contributed by atoms with van der Waals surface area (Å²) in [5.41, 5.74) is 0. The lowest BCUT2D eigenvalue weighted by molar-refractivity contribution is -0.0794. The van der Waals surface area contributed by atoms with Crippen molar-refractivity contribution in [1.82, 2.24) is 0 Å². The summed E-state index contributed by atoms with van der Waals surface area (Å²) in [5, 5.41) is 35.5. The minimum absolute atomic E-state index is 0.0848. The molecule has 0 radical (unpaired) electrons. The second-order valence-corrected chi connectivity index (χ2v) is 3.36. The normalized spacial score (nSPS) is 15.0. The van der Waals surface area contributed by atoms with Gasteiger partial charge in [0, 0.05) is 19.8 Å². The SMILES string of the molecule is OCCCOCCC(O)C(CO)OCCO. The molecular weight excluding hydrogens is 216 g/mol. The summed E-state index contributed by atoms with van der Waals surface area (Å²) in [6.45, 7) is 0.535. The van der Waals surface area contributed by atoms with E-state index < -0.39 is 12.2 Å². The average molecular weight is 238 g/mol. The van der Waals surface area contributed by atoms with Crippen LogP contribution in [-0.2, 0) is 9.47 Å². The Bertz CT molecular complexity index is 143. The van der Waals surface area contributed by atoms with E-state index in [0.29, 0.717) is 26.1 Å². The van der Waals surface area contributed by atoms with E-state index in [1.807, 2.05) is 0 Å². The maximum atomic E-state index is 9.60. The Kier molecular flexibility index (Phi) is 11.1. The van der Waals surface area contributed by atoms with Crippen molar-refractivity contribution < 1.29 is 29.9 Å². The van der Waals surface area contributed by atoms with E-state index in [2.05, 4.69) is 0 Å². The van der Waals surface area contributed by atoms with Crippen LogP contribution in [0.5, 0.6) is 0 Å². The molecular formula is C10H22O6. The third-order valence-corrected chi connectivity index (χ3v) is 2.04. The molecule has 0 aromatic rings. The molecule has 0 aromatic heterocycles. The molecule has 0 saturated heterocycles. The largest absolute Gasteiger partial charge is 0.396 e. The Morgan fingerprint density at radius 2 is 1.69 bits per heavy atom. The van der Waals surface area contributed by atoms with Crippen molar-refractivity contribution in [3.8, 4) is 0 Å². The monoisotopic (exact) mass is 238 g/mol. The molecule has 6 nitrogen and oxygen atoms in total. The third kappa shape index (κ3) is 7.98. The summed E-state index contributed by atoms with van der Waals surface area (Å²) in [7, 11) is 0. The highest BCUT2D eigenvalue weighted by atomic mass is 16.5. The van der Waals surface area contributed by atoms with E-state index in [0.717, 1.165) is 0 Å².